The molecule has 154 valence electrons. The lowest BCUT2D eigenvalue weighted by Gasteiger charge is -2.31. The van der Waals surface area contributed by atoms with E-state index in [9.17, 15) is 9.59 Å². The van der Waals surface area contributed by atoms with Crippen LogP contribution in [-0.2, 0) is 16.0 Å². The zero-order chi connectivity index (χ0) is 20.4. The Labute approximate surface area is 166 Å². The summed E-state index contributed by atoms with van der Waals surface area (Å²) in [4.78, 5) is 28.6. The number of likely N-dealkylation sites (N-methyl/N-ethyl adjacent to an activating group) is 1. The van der Waals surface area contributed by atoms with Crippen molar-refractivity contribution in [3.8, 4) is 17.2 Å². The van der Waals surface area contributed by atoms with Crippen molar-refractivity contribution >= 4 is 11.8 Å². The summed E-state index contributed by atoms with van der Waals surface area (Å²) in [6.07, 6.45) is 2.73. The van der Waals surface area contributed by atoms with Crippen LogP contribution < -0.4 is 14.2 Å². The summed E-state index contributed by atoms with van der Waals surface area (Å²) in [7, 11) is 8.42. The van der Waals surface area contributed by atoms with Gasteiger partial charge in [0.25, 0.3) is 0 Å². The zero-order valence-electron chi connectivity index (χ0n) is 17.4. The van der Waals surface area contributed by atoms with Gasteiger partial charge in [-0.05, 0) is 42.4 Å². The molecule has 2 aliphatic rings. The summed E-state index contributed by atoms with van der Waals surface area (Å²) in [6, 6.07) is 3.81. The fraction of sp³-hybridized carbons (Fsp3) is 0.619. The number of carbonyl (C=O) groups excluding carboxylic acids is 2. The molecule has 7 nitrogen and oxygen atoms in total. The number of piperidine rings is 1. The predicted molar refractivity (Wildman–Crippen MR) is 105 cm³/mol. The Kier molecular flexibility index (Phi) is 6.01. The molecule has 2 fully saturated rings. The normalized spacial score (nSPS) is 24.0. The van der Waals surface area contributed by atoms with Crippen LogP contribution in [-0.4, -0.2) is 69.6 Å². The summed E-state index contributed by atoms with van der Waals surface area (Å²) < 4.78 is 16.1. The van der Waals surface area contributed by atoms with Gasteiger partial charge in [-0.2, -0.15) is 0 Å². The van der Waals surface area contributed by atoms with Crippen molar-refractivity contribution in [1.29, 1.82) is 0 Å². The first-order valence-electron chi connectivity index (χ1n) is 9.66. The van der Waals surface area contributed by atoms with Crippen molar-refractivity contribution < 1.29 is 23.8 Å². The van der Waals surface area contributed by atoms with Crippen LogP contribution >= 0.6 is 0 Å². The van der Waals surface area contributed by atoms with E-state index >= 15 is 0 Å². The van der Waals surface area contributed by atoms with E-state index in [1.807, 2.05) is 36.0 Å². The largest absolute Gasteiger partial charge is 0.493 e. The quantitative estimate of drug-likeness (QED) is 0.743. The average molecular weight is 390 g/mol. The van der Waals surface area contributed by atoms with Crippen LogP contribution in [0.15, 0.2) is 12.1 Å². The highest BCUT2D eigenvalue weighted by Crippen LogP contribution is 2.41. The minimum absolute atomic E-state index is 0.0533. The number of fused-ring (bicyclic) bond motifs is 1. The van der Waals surface area contributed by atoms with Gasteiger partial charge in [0.2, 0.25) is 17.6 Å². The first kappa shape index (κ1) is 20.3. The lowest BCUT2D eigenvalue weighted by molar-refractivity contribution is -0.135. The number of hydrogen-bond donors (Lipinski definition) is 0. The molecule has 3 atom stereocenters. The summed E-state index contributed by atoms with van der Waals surface area (Å²) in [6.45, 7) is 0.801. The molecule has 1 aliphatic heterocycles. The lowest BCUT2D eigenvalue weighted by atomic mass is 9.88. The standard InChI is InChI=1S/C21H30N2O5/c1-22-12-15-10-16(9-14(15)11-19(22)24)23(2)20(25)8-13-6-17(26-3)21(28-5)18(7-13)27-4/h6-7,14-16H,8-12H2,1-5H3/t14-,15+,16-/m1/s1. The molecule has 0 aromatic heterocycles. The van der Waals surface area contributed by atoms with Crippen LogP contribution in [0.1, 0.15) is 24.8 Å². The van der Waals surface area contributed by atoms with E-state index in [0.717, 1.165) is 24.9 Å². The zero-order valence-corrected chi connectivity index (χ0v) is 17.4. The third kappa shape index (κ3) is 3.88. The van der Waals surface area contributed by atoms with Gasteiger partial charge in [0, 0.05) is 33.1 Å². The molecular formula is C21H30N2O5. The van der Waals surface area contributed by atoms with Crippen molar-refractivity contribution in [1.82, 2.24) is 9.80 Å². The molecule has 1 heterocycles. The van der Waals surface area contributed by atoms with Crippen LogP contribution in [0.3, 0.4) is 0 Å². The highest BCUT2D eigenvalue weighted by atomic mass is 16.5. The second-order valence-corrected chi connectivity index (χ2v) is 7.84. The number of methoxy groups -OCH3 is 3. The topological polar surface area (TPSA) is 68.3 Å². The minimum atomic E-state index is 0.0533. The predicted octanol–water partition coefficient (Wildman–Crippen LogP) is 1.97. The van der Waals surface area contributed by atoms with E-state index in [-0.39, 0.29) is 24.3 Å². The Bertz CT molecular complexity index is 725. The Morgan fingerprint density at radius 2 is 1.71 bits per heavy atom. The van der Waals surface area contributed by atoms with Crippen LogP contribution in [0.2, 0.25) is 0 Å². The lowest BCUT2D eigenvalue weighted by Crippen LogP contribution is -2.40. The van der Waals surface area contributed by atoms with Gasteiger partial charge < -0.3 is 24.0 Å². The van der Waals surface area contributed by atoms with Gasteiger partial charge >= 0.3 is 0 Å². The van der Waals surface area contributed by atoms with E-state index in [0.29, 0.717) is 35.5 Å². The molecule has 1 saturated carbocycles. The molecule has 0 bridgehead atoms. The molecule has 0 radical (unpaired) electrons. The highest BCUT2D eigenvalue weighted by molar-refractivity contribution is 5.80. The van der Waals surface area contributed by atoms with E-state index in [2.05, 4.69) is 0 Å². The SMILES string of the molecule is COc1cc(CC(=O)N(C)[C@@H]2C[C@@H]3CC(=O)N(C)C[C@@H]3C2)cc(OC)c1OC. The fourth-order valence-electron chi connectivity index (χ4n) is 4.54. The summed E-state index contributed by atoms with van der Waals surface area (Å²) in [5, 5.41) is 0. The van der Waals surface area contributed by atoms with Gasteiger partial charge in [-0.25, -0.2) is 0 Å². The van der Waals surface area contributed by atoms with Crippen LogP contribution in [0.4, 0.5) is 0 Å². The molecule has 0 N–H and O–H groups in total. The van der Waals surface area contributed by atoms with Crippen molar-refractivity contribution in [3.05, 3.63) is 17.7 Å². The minimum Gasteiger partial charge on any atom is -0.493 e. The monoisotopic (exact) mass is 390 g/mol. The van der Waals surface area contributed by atoms with Crippen molar-refractivity contribution in [2.45, 2.75) is 31.7 Å². The maximum atomic E-state index is 12.9. The maximum Gasteiger partial charge on any atom is 0.226 e. The molecule has 28 heavy (non-hydrogen) atoms. The van der Waals surface area contributed by atoms with E-state index in [4.69, 9.17) is 14.2 Å². The summed E-state index contributed by atoms with van der Waals surface area (Å²) >= 11 is 0. The van der Waals surface area contributed by atoms with E-state index in [1.165, 1.54) is 0 Å². The number of benzene rings is 1. The Morgan fingerprint density at radius 1 is 1.11 bits per heavy atom. The van der Waals surface area contributed by atoms with Crippen molar-refractivity contribution in [3.63, 3.8) is 0 Å². The number of likely N-dealkylation sites (tertiary alicyclic amines) is 1. The Balaban J connectivity index is 1.69. The first-order chi connectivity index (χ1) is 13.4. The van der Waals surface area contributed by atoms with Gasteiger partial charge in [-0.3, -0.25) is 9.59 Å². The van der Waals surface area contributed by atoms with Crippen molar-refractivity contribution in [2.75, 3.05) is 42.0 Å². The summed E-state index contributed by atoms with van der Waals surface area (Å²) in [5.41, 5.74) is 0.816. The number of carbonyl (C=O) groups is 2. The first-order valence-corrected chi connectivity index (χ1v) is 9.66. The molecule has 1 aliphatic carbocycles. The van der Waals surface area contributed by atoms with E-state index < -0.39 is 0 Å². The number of nitrogens with zero attached hydrogens (tertiary/aromatic N) is 2. The molecule has 3 rings (SSSR count). The fourth-order valence-corrected chi connectivity index (χ4v) is 4.54. The van der Waals surface area contributed by atoms with Gasteiger partial charge in [-0.15, -0.1) is 0 Å². The van der Waals surface area contributed by atoms with Gasteiger partial charge in [0.15, 0.2) is 11.5 Å². The van der Waals surface area contributed by atoms with Crippen LogP contribution in [0, 0.1) is 11.8 Å². The third-order valence-corrected chi connectivity index (χ3v) is 6.21. The van der Waals surface area contributed by atoms with Gasteiger partial charge in [0.1, 0.15) is 0 Å². The molecule has 0 unspecified atom stereocenters. The molecule has 2 amide bonds. The van der Waals surface area contributed by atoms with E-state index in [1.54, 1.807) is 21.3 Å². The molecular weight excluding hydrogens is 360 g/mol. The second kappa shape index (κ2) is 8.29. The van der Waals surface area contributed by atoms with Crippen molar-refractivity contribution in [2.24, 2.45) is 11.8 Å². The van der Waals surface area contributed by atoms with Gasteiger partial charge in [0.05, 0.1) is 27.8 Å². The number of rotatable bonds is 6. The Morgan fingerprint density at radius 3 is 2.29 bits per heavy atom. The maximum absolute atomic E-state index is 12.9. The molecule has 7 heteroatoms. The number of amides is 2. The Hall–Kier alpha value is -2.44. The number of ether oxygens (including phenoxy) is 3. The molecule has 1 aromatic carbocycles. The second-order valence-electron chi connectivity index (χ2n) is 7.84. The molecule has 1 saturated heterocycles. The number of hydrogen-bond acceptors (Lipinski definition) is 5. The van der Waals surface area contributed by atoms with Gasteiger partial charge in [-0.1, -0.05) is 0 Å². The molecule has 1 aromatic rings. The molecule has 0 spiro atoms. The summed E-state index contributed by atoms with van der Waals surface area (Å²) in [5.74, 6) is 2.75. The third-order valence-electron chi connectivity index (χ3n) is 6.21. The smallest absolute Gasteiger partial charge is 0.226 e. The average Bonchev–Trinajstić information content (AvgIpc) is 3.09. The van der Waals surface area contributed by atoms with Crippen LogP contribution in [0.25, 0.3) is 0 Å². The van der Waals surface area contributed by atoms with Crippen LogP contribution in [0.5, 0.6) is 17.2 Å². The highest BCUT2D eigenvalue weighted by Gasteiger charge is 2.42.